The second-order valence-corrected chi connectivity index (χ2v) is 7.07. The molecule has 0 bridgehead atoms. The van der Waals surface area contributed by atoms with Crippen molar-refractivity contribution in [2.75, 3.05) is 13.2 Å². The van der Waals surface area contributed by atoms with Gasteiger partial charge in [0, 0.05) is 21.2 Å². The molecule has 2 aromatic carbocycles. The number of hydrogen-bond acceptors (Lipinski definition) is 6. The lowest BCUT2D eigenvalue weighted by Crippen LogP contribution is -2.42. The van der Waals surface area contributed by atoms with Crippen LogP contribution in [0.15, 0.2) is 48.5 Å². The van der Waals surface area contributed by atoms with Gasteiger partial charge in [0.2, 0.25) is 0 Å². The lowest BCUT2D eigenvalue weighted by Gasteiger charge is -2.22. The number of halogens is 2. The van der Waals surface area contributed by atoms with Crippen LogP contribution >= 0.6 is 23.2 Å². The van der Waals surface area contributed by atoms with Crippen molar-refractivity contribution in [1.82, 2.24) is 0 Å². The van der Waals surface area contributed by atoms with Crippen molar-refractivity contribution in [2.24, 2.45) is 11.8 Å². The van der Waals surface area contributed by atoms with Crippen LogP contribution in [0.3, 0.4) is 0 Å². The largest absolute Gasteiger partial charge is 0.465 e. The molecule has 2 unspecified atom stereocenters. The average Bonchev–Trinajstić information content (AvgIpc) is 2.72. The molecule has 0 heterocycles. The molecule has 2 aromatic rings. The lowest BCUT2D eigenvalue weighted by molar-refractivity contribution is -0.156. The number of ether oxygens (including phenoxy) is 2. The molecule has 0 saturated heterocycles. The second kappa shape index (κ2) is 10.9. The molecule has 2 atom stereocenters. The first kappa shape index (κ1) is 23.6. The van der Waals surface area contributed by atoms with E-state index in [0.717, 1.165) is 0 Å². The van der Waals surface area contributed by atoms with Crippen molar-refractivity contribution in [3.8, 4) is 0 Å². The summed E-state index contributed by atoms with van der Waals surface area (Å²) in [6, 6.07) is 11.5. The monoisotopic (exact) mass is 450 g/mol. The molecule has 0 fully saturated rings. The highest BCUT2D eigenvalue weighted by Gasteiger charge is 2.46. The van der Waals surface area contributed by atoms with Crippen LogP contribution in [0.4, 0.5) is 0 Å². The molecular weight excluding hydrogens is 431 g/mol. The lowest BCUT2D eigenvalue weighted by atomic mass is 9.81. The summed E-state index contributed by atoms with van der Waals surface area (Å²) >= 11 is 11.7. The minimum Gasteiger partial charge on any atom is -0.465 e. The third-order valence-electron chi connectivity index (χ3n) is 4.24. The van der Waals surface area contributed by atoms with Gasteiger partial charge in [-0.05, 0) is 62.4 Å². The zero-order valence-electron chi connectivity index (χ0n) is 16.4. The Morgan fingerprint density at radius 2 is 0.967 bits per heavy atom. The SMILES string of the molecule is CCOC(=O)C(C(=O)c1ccc(Cl)cc1)C(C(=O)OCC)C(=O)c1ccc(Cl)cc1. The molecule has 0 aliphatic heterocycles. The number of carbonyl (C=O) groups excluding carboxylic acids is 4. The summed E-state index contributed by atoms with van der Waals surface area (Å²) in [5.41, 5.74) is 0.214. The van der Waals surface area contributed by atoms with Gasteiger partial charge < -0.3 is 9.47 Å². The van der Waals surface area contributed by atoms with Gasteiger partial charge in [0.1, 0.15) is 11.8 Å². The van der Waals surface area contributed by atoms with Crippen LogP contribution in [0, 0.1) is 11.8 Å². The van der Waals surface area contributed by atoms with E-state index in [1.54, 1.807) is 13.8 Å². The first-order valence-electron chi connectivity index (χ1n) is 9.23. The van der Waals surface area contributed by atoms with E-state index in [2.05, 4.69) is 0 Å². The standard InChI is InChI=1S/C22H20Cl2O6/c1-3-29-21(27)17(19(25)13-5-9-15(23)10-6-13)18(22(28)30-4-2)20(26)14-7-11-16(24)12-8-14/h5-12,17-18H,3-4H2,1-2H3. The van der Waals surface area contributed by atoms with Gasteiger partial charge in [-0.2, -0.15) is 0 Å². The van der Waals surface area contributed by atoms with Crippen LogP contribution < -0.4 is 0 Å². The van der Waals surface area contributed by atoms with Gasteiger partial charge in [0.15, 0.2) is 11.6 Å². The summed E-state index contributed by atoms with van der Waals surface area (Å²) in [6.07, 6.45) is 0. The van der Waals surface area contributed by atoms with E-state index < -0.39 is 35.3 Å². The van der Waals surface area contributed by atoms with E-state index in [0.29, 0.717) is 10.0 Å². The van der Waals surface area contributed by atoms with Gasteiger partial charge in [-0.3, -0.25) is 19.2 Å². The fourth-order valence-electron chi connectivity index (χ4n) is 2.84. The molecule has 0 radical (unpaired) electrons. The Balaban J connectivity index is 2.56. The first-order valence-corrected chi connectivity index (χ1v) is 9.98. The Kier molecular flexibility index (Phi) is 8.57. The van der Waals surface area contributed by atoms with Gasteiger partial charge >= 0.3 is 11.9 Å². The molecule has 2 rings (SSSR count). The van der Waals surface area contributed by atoms with E-state index in [1.807, 2.05) is 0 Å². The number of hydrogen-bond donors (Lipinski definition) is 0. The Labute approximate surface area is 184 Å². The molecule has 0 amide bonds. The van der Waals surface area contributed by atoms with Gasteiger partial charge in [0.05, 0.1) is 13.2 Å². The third-order valence-corrected chi connectivity index (χ3v) is 4.74. The number of Topliss-reactive ketones (excluding diaryl/α,β-unsaturated/α-hetero) is 2. The van der Waals surface area contributed by atoms with Crippen LogP contribution in [0.5, 0.6) is 0 Å². The maximum Gasteiger partial charge on any atom is 0.318 e. The molecule has 30 heavy (non-hydrogen) atoms. The molecule has 0 spiro atoms. The quantitative estimate of drug-likeness (QED) is 0.319. The van der Waals surface area contributed by atoms with Crippen LogP contribution in [-0.4, -0.2) is 36.7 Å². The smallest absolute Gasteiger partial charge is 0.318 e. The second-order valence-electron chi connectivity index (χ2n) is 6.20. The van der Waals surface area contributed by atoms with Crippen molar-refractivity contribution >= 4 is 46.7 Å². The highest BCUT2D eigenvalue weighted by Crippen LogP contribution is 2.26. The summed E-state index contributed by atoms with van der Waals surface area (Å²) in [5.74, 6) is -6.90. The summed E-state index contributed by atoms with van der Waals surface area (Å²) in [7, 11) is 0. The van der Waals surface area contributed by atoms with E-state index in [9.17, 15) is 19.2 Å². The Bertz CT molecular complexity index is 844. The van der Waals surface area contributed by atoms with Crippen molar-refractivity contribution in [1.29, 1.82) is 0 Å². The number of benzene rings is 2. The molecule has 0 aromatic heterocycles. The first-order chi connectivity index (χ1) is 14.3. The zero-order valence-corrected chi connectivity index (χ0v) is 17.9. The zero-order chi connectivity index (χ0) is 22.3. The Morgan fingerprint density at radius 1 is 0.667 bits per heavy atom. The minimum absolute atomic E-state index is 0.0338. The maximum atomic E-state index is 13.2. The predicted octanol–water partition coefficient (Wildman–Crippen LogP) is 4.42. The summed E-state index contributed by atoms with van der Waals surface area (Å²) < 4.78 is 10.0. The van der Waals surface area contributed by atoms with Gasteiger partial charge in [-0.15, -0.1) is 0 Å². The Morgan fingerprint density at radius 3 is 1.23 bits per heavy atom. The fraction of sp³-hybridized carbons (Fsp3) is 0.273. The fourth-order valence-corrected chi connectivity index (χ4v) is 3.09. The molecule has 6 nitrogen and oxygen atoms in total. The molecule has 0 aliphatic rings. The van der Waals surface area contributed by atoms with Crippen LogP contribution in [0.2, 0.25) is 10.0 Å². The summed E-state index contributed by atoms with van der Waals surface area (Å²) in [6.45, 7) is 3.05. The number of rotatable bonds is 9. The van der Waals surface area contributed by atoms with E-state index in [1.165, 1.54) is 48.5 Å². The number of carbonyl (C=O) groups is 4. The topological polar surface area (TPSA) is 86.7 Å². The van der Waals surface area contributed by atoms with E-state index in [4.69, 9.17) is 32.7 Å². The van der Waals surface area contributed by atoms with E-state index >= 15 is 0 Å². The van der Waals surface area contributed by atoms with Crippen molar-refractivity contribution in [3.63, 3.8) is 0 Å². The third kappa shape index (κ3) is 5.68. The van der Waals surface area contributed by atoms with Crippen LogP contribution in [0.1, 0.15) is 34.6 Å². The summed E-state index contributed by atoms with van der Waals surface area (Å²) in [4.78, 5) is 51.8. The van der Waals surface area contributed by atoms with E-state index in [-0.39, 0.29) is 24.3 Å². The number of esters is 2. The van der Waals surface area contributed by atoms with Crippen LogP contribution in [0.25, 0.3) is 0 Å². The average molecular weight is 451 g/mol. The molecule has 8 heteroatoms. The van der Waals surface area contributed by atoms with Gasteiger partial charge in [-0.25, -0.2) is 0 Å². The minimum atomic E-state index is -1.71. The molecule has 0 N–H and O–H groups in total. The van der Waals surface area contributed by atoms with Crippen molar-refractivity contribution < 1.29 is 28.7 Å². The van der Waals surface area contributed by atoms with Gasteiger partial charge in [-0.1, -0.05) is 23.2 Å². The molecule has 0 saturated carbocycles. The highest BCUT2D eigenvalue weighted by molar-refractivity contribution is 6.31. The van der Waals surface area contributed by atoms with Gasteiger partial charge in [0.25, 0.3) is 0 Å². The molecule has 158 valence electrons. The van der Waals surface area contributed by atoms with Crippen molar-refractivity contribution in [3.05, 3.63) is 69.7 Å². The van der Waals surface area contributed by atoms with Crippen LogP contribution in [-0.2, 0) is 19.1 Å². The van der Waals surface area contributed by atoms with Crippen molar-refractivity contribution in [2.45, 2.75) is 13.8 Å². The molecular formula is C22H20Cl2O6. The number of ketones is 2. The summed E-state index contributed by atoms with van der Waals surface area (Å²) in [5, 5.41) is 0.775. The predicted molar refractivity (Wildman–Crippen MR) is 112 cm³/mol. The Hall–Kier alpha value is -2.70. The normalized spacial score (nSPS) is 12.5. The molecule has 0 aliphatic carbocycles. The highest BCUT2D eigenvalue weighted by atomic mass is 35.5. The maximum absolute atomic E-state index is 13.2.